The van der Waals surface area contributed by atoms with E-state index >= 15 is 0 Å². The molecule has 0 aliphatic carbocycles. The van der Waals surface area contributed by atoms with Crippen LogP contribution in [0.1, 0.15) is 22.9 Å². The molecule has 0 saturated heterocycles. The van der Waals surface area contributed by atoms with E-state index in [1.165, 1.54) is 11.3 Å². The number of rotatable bonds is 2. The fourth-order valence-electron chi connectivity index (χ4n) is 2.03. The Morgan fingerprint density at radius 3 is 2.83 bits per heavy atom. The number of hydrogen-bond donors (Lipinski definition) is 1. The molecule has 0 aliphatic heterocycles. The lowest BCUT2D eigenvalue weighted by Gasteiger charge is -2.05. The third kappa shape index (κ3) is 1.94. The number of fused-ring (bicyclic) bond motifs is 1. The maximum Gasteiger partial charge on any atom is 0.137 e. The fraction of sp³-hybridized carbons (Fsp3) is 0.143. The SMILES string of the molecule is Cc1cccc2cc(C(N)c3csc(Cl)c3)oc12. The monoisotopic (exact) mass is 277 g/mol. The molecule has 0 aliphatic rings. The summed E-state index contributed by atoms with van der Waals surface area (Å²) >= 11 is 7.41. The van der Waals surface area contributed by atoms with Crippen LogP contribution in [0.5, 0.6) is 0 Å². The molecule has 2 aromatic heterocycles. The second kappa shape index (κ2) is 4.43. The van der Waals surface area contributed by atoms with Gasteiger partial charge < -0.3 is 10.2 Å². The summed E-state index contributed by atoms with van der Waals surface area (Å²) in [6.45, 7) is 2.03. The Hall–Kier alpha value is -1.29. The minimum absolute atomic E-state index is 0.263. The van der Waals surface area contributed by atoms with E-state index in [1.807, 2.05) is 42.6 Å². The Balaban J connectivity index is 2.06. The van der Waals surface area contributed by atoms with Crippen molar-refractivity contribution in [2.24, 2.45) is 5.73 Å². The fourth-order valence-corrected chi connectivity index (χ4v) is 2.96. The van der Waals surface area contributed by atoms with Gasteiger partial charge in [-0.1, -0.05) is 29.8 Å². The van der Waals surface area contributed by atoms with Crippen molar-refractivity contribution < 1.29 is 4.42 Å². The van der Waals surface area contributed by atoms with Crippen molar-refractivity contribution in [1.82, 2.24) is 0 Å². The van der Waals surface area contributed by atoms with Gasteiger partial charge in [0.25, 0.3) is 0 Å². The van der Waals surface area contributed by atoms with E-state index in [0.29, 0.717) is 0 Å². The second-order valence-corrected chi connectivity index (χ2v) is 5.85. The molecule has 0 amide bonds. The van der Waals surface area contributed by atoms with E-state index in [0.717, 1.165) is 32.2 Å². The molecule has 2 nitrogen and oxygen atoms in total. The number of para-hydroxylation sites is 1. The van der Waals surface area contributed by atoms with Crippen molar-refractivity contribution in [3.8, 4) is 0 Å². The highest BCUT2D eigenvalue weighted by Crippen LogP contribution is 2.31. The number of aryl methyl sites for hydroxylation is 1. The molecule has 0 spiro atoms. The van der Waals surface area contributed by atoms with Crippen molar-refractivity contribution in [1.29, 1.82) is 0 Å². The largest absolute Gasteiger partial charge is 0.459 e. The quantitative estimate of drug-likeness (QED) is 0.749. The molecular weight excluding hydrogens is 266 g/mol. The maximum atomic E-state index is 6.20. The summed E-state index contributed by atoms with van der Waals surface area (Å²) in [5, 5.41) is 3.05. The molecule has 0 bridgehead atoms. The molecule has 18 heavy (non-hydrogen) atoms. The van der Waals surface area contributed by atoms with Crippen LogP contribution in [0.4, 0.5) is 0 Å². The van der Waals surface area contributed by atoms with Gasteiger partial charge in [0.2, 0.25) is 0 Å². The van der Waals surface area contributed by atoms with Crippen LogP contribution in [0.3, 0.4) is 0 Å². The van der Waals surface area contributed by atoms with E-state index in [2.05, 4.69) is 0 Å². The average Bonchev–Trinajstić information content (AvgIpc) is 2.95. The van der Waals surface area contributed by atoms with Crippen LogP contribution in [0.15, 0.2) is 40.1 Å². The Morgan fingerprint density at radius 1 is 1.33 bits per heavy atom. The van der Waals surface area contributed by atoms with E-state index in [9.17, 15) is 0 Å². The molecule has 3 aromatic rings. The van der Waals surface area contributed by atoms with Gasteiger partial charge in [0.15, 0.2) is 0 Å². The summed E-state index contributed by atoms with van der Waals surface area (Å²) in [4.78, 5) is 0. The van der Waals surface area contributed by atoms with Crippen LogP contribution in [-0.4, -0.2) is 0 Å². The Labute approximate surface area is 114 Å². The van der Waals surface area contributed by atoms with Gasteiger partial charge in [-0.25, -0.2) is 0 Å². The number of benzene rings is 1. The van der Waals surface area contributed by atoms with Crippen LogP contribution in [0, 0.1) is 6.92 Å². The first-order chi connectivity index (χ1) is 8.65. The minimum Gasteiger partial charge on any atom is -0.459 e. The topological polar surface area (TPSA) is 39.2 Å². The van der Waals surface area contributed by atoms with Crippen molar-refractivity contribution in [3.05, 3.63) is 56.9 Å². The first kappa shape index (κ1) is 11.8. The molecule has 0 radical (unpaired) electrons. The molecule has 92 valence electrons. The normalized spacial score (nSPS) is 13.1. The third-order valence-corrected chi connectivity index (χ3v) is 4.12. The molecule has 2 heterocycles. The zero-order valence-electron chi connectivity index (χ0n) is 9.81. The van der Waals surface area contributed by atoms with Gasteiger partial charge in [-0.15, -0.1) is 11.3 Å². The standard InChI is InChI=1S/C14H12ClNOS/c1-8-3-2-4-9-5-11(17-14(8)9)13(16)10-6-12(15)18-7-10/h2-7,13H,16H2,1H3. The number of nitrogens with two attached hydrogens (primary N) is 1. The van der Waals surface area contributed by atoms with Crippen LogP contribution >= 0.6 is 22.9 Å². The number of halogens is 1. The van der Waals surface area contributed by atoms with Gasteiger partial charge in [-0.3, -0.25) is 0 Å². The molecule has 0 fully saturated rings. The first-order valence-electron chi connectivity index (χ1n) is 5.64. The van der Waals surface area contributed by atoms with Gasteiger partial charge in [0.1, 0.15) is 11.3 Å². The van der Waals surface area contributed by atoms with Crippen molar-refractivity contribution in [2.45, 2.75) is 13.0 Å². The maximum absolute atomic E-state index is 6.20. The van der Waals surface area contributed by atoms with Crippen LogP contribution in [0.2, 0.25) is 4.34 Å². The summed E-state index contributed by atoms with van der Waals surface area (Å²) < 4.78 is 6.60. The lowest BCUT2D eigenvalue weighted by molar-refractivity contribution is 0.524. The smallest absolute Gasteiger partial charge is 0.137 e. The Morgan fingerprint density at radius 2 is 2.17 bits per heavy atom. The first-order valence-corrected chi connectivity index (χ1v) is 6.89. The number of furan rings is 1. The highest BCUT2D eigenvalue weighted by Gasteiger charge is 2.16. The van der Waals surface area contributed by atoms with Crippen molar-refractivity contribution >= 4 is 33.9 Å². The molecule has 4 heteroatoms. The minimum atomic E-state index is -0.263. The lowest BCUT2D eigenvalue weighted by Crippen LogP contribution is -2.09. The van der Waals surface area contributed by atoms with E-state index < -0.39 is 0 Å². The predicted octanol–water partition coefficient (Wildman–Crippen LogP) is 4.50. The van der Waals surface area contributed by atoms with Crippen LogP contribution in [-0.2, 0) is 0 Å². The zero-order valence-corrected chi connectivity index (χ0v) is 11.4. The van der Waals surface area contributed by atoms with E-state index in [-0.39, 0.29) is 6.04 Å². The lowest BCUT2D eigenvalue weighted by atomic mass is 10.1. The highest BCUT2D eigenvalue weighted by atomic mass is 35.5. The van der Waals surface area contributed by atoms with E-state index in [4.69, 9.17) is 21.8 Å². The summed E-state index contributed by atoms with van der Waals surface area (Å²) in [6, 6.07) is 9.70. The zero-order chi connectivity index (χ0) is 12.7. The predicted molar refractivity (Wildman–Crippen MR) is 76.3 cm³/mol. The van der Waals surface area contributed by atoms with E-state index in [1.54, 1.807) is 0 Å². The Kier molecular flexibility index (Phi) is 2.90. The van der Waals surface area contributed by atoms with Crippen molar-refractivity contribution in [3.63, 3.8) is 0 Å². The second-order valence-electron chi connectivity index (χ2n) is 4.30. The summed E-state index contributed by atoms with van der Waals surface area (Å²) in [6.07, 6.45) is 0. The molecule has 3 rings (SSSR count). The molecule has 2 N–H and O–H groups in total. The number of thiophene rings is 1. The van der Waals surface area contributed by atoms with Crippen LogP contribution < -0.4 is 5.73 Å². The van der Waals surface area contributed by atoms with Gasteiger partial charge in [-0.2, -0.15) is 0 Å². The van der Waals surface area contributed by atoms with Crippen molar-refractivity contribution in [2.75, 3.05) is 0 Å². The highest BCUT2D eigenvalue weighted by molar-refractivity contribution is 7.14. The number of hydrogen-bond acceptors (Lipinski definition) is 3. The molecule has 0 saturated carbocycles. The molecule has 1 unspecified atom stereocenters. The summed E-state index contributed by atoms with van der Waals surface area (Å²) in [5.74, 6) is 0.772. The van der Waals surface area contributed by atoms with Gasteiger partial charge in [0, 0.05) is 5.39 Å². The molecule has 1 atom stereocenters. The van der Waals surface area contributed by atoms with Crippen LogP contribution in [0.25, 0.3) is 11.0 Å². The Bertz CT molecular complexity index is 701. The van der Waals surface area contributed by atoms with Gasteiger partial charge in [0.05, 0.1) is 10.4 Å². The average molecular weight is 278 g/mol. The molecular formula is C14H12ClNOS. The van der Waals surface area contributed by atoms with Gasteiger partial charge in [-0.05, 0) is 35.6 Å². The van der Waals surface area contributed by atoms with Gasteiger partial charge >= 0.3 is 0 Å². The third-order valence-electron chi connectivity index (χ3n) is 3.01. The molecule has 1 aromatic carbocycles. The summed E-state index contributed by atoms with van der Waals surface area (Å²) in [5.41, 5.74) is 9.21. The summed E-state index contributed by atoms with van der Waals surface area (Å²) in [7, 11) is 0.